The van der Waals surface area contributed by atoms with Gasteiger partial charge in [0.2, 0.25) is 11.8 Å². The fourth-order valence-electron chi connectivity index (χ4n) is 1.46. The number of aromatic nitrogens is 2. The van der Waals surface area contributed by atoms with Gasteiger partial charge in [-0.05, 0) is 24.3 Å². The van der Waals surface area contributed by atoms with Gasteiger partial charge in [0, 0.05) is 0 Å². The molecule has 3 nitrogen and oxygen atoms in total. The van der Waals surface area contributed by atoms with Crippen LogP contribution in [0, 0.1) is 0 Å². The summed E-state index contributed by atoms with van der Waals surface area (Å²) < 4.78 is 5.60. The van der Waals surface area contributed by atoms with Gasteiger partial charge in [-0.25, -0.2) is 0 Å². The first kappa shape index (κ1) is 13.4. The Morgan fingerprint density at radius 2 is 2.11 bits per heavy atom. The quantitative estimate of drug-likeness (QED) is 0.735. The van der Waals surface area contributed by atoms with E-state index in [1.807, 2.05) is 36.0 Å². The zero-order valence-corrected chi connectivity index (χ0v) is 11.8. The van der Waals surface area contributed by atoms with Crippen LogP contribution in [0.25, 0.3) is 11.5 Å². The van der Waals surface area contributed by atoms with Crippen molar-refractivity contribution in [2.24, 2.45) is 0 Å². The molecule has 0 bridgehead atoms. The van der Waals surface area contributed by atoms with Crippen LogP contribution in [-0.4, -0.2) is 16.0 Å². The summed E-state index contributed by atoms with van der Waals surface area (Å²) >= 11 is 7.90. The fourth-order valence-corrected chi connectivity index (χ4v) is 2.61. The monoisotopic (exact) mass is 282 g/mol. The van der Waals surface area contributed by atoms with Gasteiger partial charge in [0.05, 0.1) is 16.3 Å². The highest BCUT2D eigenvalue weighted by Crippen LogP contribution is 2.26. The summed E-state index contributed by atoms with van der Waals surface area (Å²) in [7, 11) is 0. The number of nitrogens with zero attached hydrogens (tertiary/aromatic N) is 2. The SMILES string of the molecule is CCCCSCc1nnc(-c2ccccc2Cl)o1. The molecule has 0 aliphatic rings. The lowest BCUT2D eigenvalue weighted by Gasteiger charge is -1.97. The van der Waals surface area contributed by atoms with Crippen LogP contribution >= 0.6 is 23.4 Å². The molecule has 0 saturated carbocycles. The molecule has 96 valence electrons. The number of benzene rings is 1. The molecule has 0 aliphatic carbocycles. The van der Waals surface area contributed by atoms with Crippen LogP contribution in [0.3, 0.4) is 0 Å². The van der Waals surface area contributed by atoms with Gasteiger partial charge in [-0.1, -0.05) is 37.1 Å². The van der Waals surface area contributed by atoms with Crippen LogP contribution in [0.1, 0.15) is 25.7 Å². The number of hydrogen-bond acceptors (Lipinski definition) is 4. The molecule has 0 fully saturated rings. The normalized spacial score (nSPS) is 10.8. The van der Waals surface area contributed by atoms with Crippen LogP contribution in [0.4, 0.5) is 0 Å². The molecule has 1 aromatic heterocycles. The fraction of sp³-hybridized carbons (Fsp3) is 0.385. The molecule has 0 aliphatic heterocycles. The number of halogens is 1. The largest absolute Gasteiger partial charge is 0.420 e. The van der Waals surface area contributed by atoms with Crippen LogP contribution in [0.5, 0.6) is 0 Å². The molecule has 18 heavy (non-hydrogen) atoms. The Labute approximate surface area is 116 Å². The van der Waals surface area contributed by atoms with Gasteiger partial charge >= 0.3 is 0 Å². The van der Waals surface area contributed by atoms with Crippen molar-refractivity contribution in [3.63, 3.8) is 0 Å². The maximum absolute atomic E-state index is 6.08. The van der Waals surface area contributed by atoms with Gasteiger partial charge in [-0.3, -0.25) is 0 Å². The van der Waals surface area contributed by atoms with Gasteiger partial charge in [-0.15, -0.1) is 10.2 Å². The van der Waals surface area contributed by atoms with E-state index in [0.29, 0.717) is 16.8 Å². The van der Waals surface area contributed by atoms with Crippen LogP contribution in [-0.2, 0) is 5.75 Å². The first-order chi connectivity index (χ1) is 8.81. The average Bonchev–Trinajstić information content (AvgIpc) is 2.84. The lowest BCUT2D eigenvalue weighted by Crippen LogP contribution is -1.83. The summed E-state index contributed by atoms with van der Waals surface area (Å²) in [5, 5.41) is 8.70. The minimum atomic E-state index is 0.492. The summed E-state index contributed by atoms with van der Waals surface area (Å²) in [6.07, 6.45) is 2.43. The molecule has 0 N–H and O–H groups in total. The summed E-state index contributed by atoms with van der Waals surface area (Å²) in [6.45, 7) is 2.18. The van der Waals surface area contributed by atoms with Crippen molar-refractivity contribution < 1.29 is 4.42 Å². The molecule has 0 radical (unpaired) electrons. The van der Waals surface area contributed by atoms with Gasteiger partial charge < -0.3 is 4.42 Å². The summed E-state index contributed by atoms with van der Waals surface area (Å²) in [4.78, 5) is 0. The average molecular weight is 283 g/mol. The first-order valence-corrected chi connectivity index (χ1v) is 7.49. The molecule has 1 heterocycles. The molecular weight excluding hydrogens is 268 g/mol. The van der Waals surface area contributed by atoms with Gasteiger partial charge in [-0.2, -0.15) is 11.8 Å². The third-order valence-corrected chi connectivity index (χ3v) is 3.80. The molecule has 2 aromatic rings. The van der Waals surface area contributed by atoms with Crippen LogP contribution in [0.15, 0.2) is 28.7 Å². The molecular formula is C13H15ClN2OS. The second kappa shape index (κ2) is 6.81. The molecule has 5 heteroatoms. The van der Waals surface area contributed by atoms with Crippen LogP contribution in [0.2, 0.25) is 5.02 Å². The highest BCUT2D eigenvalue weighted by atomic mass is 35.5. The van der Waals surface area contributed by atoms with Crippen LogP contribution < -0.4 is 0 Å². The Bertz CT molecular complexity index is 501. The predicted molar refractivity (Wildman–Crippen MR) is 75.8 cm³/mol. The summed E-state index contributed by atoms with van der Waals surface area (Å²) in [5.41, 5.74) is 0.788. The molecule has 0 unspecified atom stereocenters. The number of unbranched alkanes of at least 4 members (excludes halogenated alkanes) is 1. The van der Waals surface area contributed by atoms with E-state index >= 15 is 0 Å². The highest BCUT2D eigenvalue weighted by Gasteiger charge is 2.11. The van der Waals surface area contributed by atoms with E-state index in [1.165, 1.54) is 12.8 Å². The lowest BCUT2D eigenvalue weighted by atomic mass is 10.2. The number of rotatable bonds is 6. The molecule has 0 amide bonds. The van der Waals surface area contributed by atoms with E-state index in [9.17, 15) is 0 Å². The number of thioether (sulfide) groups is 1. The summed E-state index contributed by atoms with van der Waals surface area (Å²) in [5.74, 6) is 3.04. The van der Waals surface area contributed by atoms with Crippen molar-refractivity contribution in [1.29, 1.82) is 0 Å². The standard InChI is InChI=1S/C13H15ClN2OS/c1-2-3-8-18-9-12-15-16-13(17-12)10-6-4-5-7-11(10)14/h4-7H,2-3,8-9H2,1H3. The second-order valence-corrected chi connectivity index (χ2v) is 5.40. The van der Waals surface area contributed by atoms with Crippen molar-refractivity contribution in [2.45, 2.75) is 25.5 Å². The Morgan fingerprint density at radius 3 is 2.89 bits per heavy atom. The Balaban J connectivity index is 2.00. The first-order valence-electron chi connectivity index (χ1n) is 5.96. The maximum atomic E-state index is 6.08. The third-order valence-electron chi connectivity index (χ3n) is 2.44. The zero-order valence-electron chi connectivity index (χ0n) is 10.2. The van der Waals surface area contributed by atoms with E-state index in [1.54, 1.807) is 0 Å². The van der Waals surface area contributed by atoms with Crippen molar-refractivity contribution in [2.75, 3.05) is 5.75 Å². The van der Waals surface area contributed by atoms with Crippen molar-refractivity contribution in [3.8, 4) is 11.5 Å². The van der Waals surface area contributed by atoms with E-state index in [2.05, 4.69) is 17.1 Å². The molecule has 0 spiro atoms. The minimum absolute atomic E-state index is 0.492. The third kappa shape index (κ3) is 3.50. The molecule has 0 saturated heterocycles. The topological polar surface area (TPSA) is 38.9 Å². The Hall–Kier alpha value is -1.00. The minimum Gasteiger partial charge on any atom is -0.420 e. The van der Waals surface area contributed by atoms with Crippen molar-refractivity contribution in [1.82, 2.24) is 10.2 Å². The number of hydrogen-bond donors (Lipinski definition) is 0. The summed E-state index contributed by atoms with van der Waals surface area (Å²) in [6, 6.07) is 7.48. The van der Waals surface area contributed by atoms with Gasteiger partial charge in [0.1, 0.15) is 0 Å². The maximum Gasteiger partial charge on any atom is 0.249 e. The Morgan fingerprint density at radius 1 is 1.28 bits per heavy atom. The van der Waals surface area contributed by atoms with Crippen molar-refractivity contribution in [3.05, 3.63) is 35.2 Å². The smallest absolute Gasteiger partial charge is 0.249 e. The van der Waals surface area contributed by atoms with Gasteiger partial charge in [0.25, 0.3) is 0 Å². The molecule has 1 aromatic carbocycles. The predicted octanol–water partition coefficient (Wildman–Crippen LogP) is 4.42. The van der Waals surface area contributed by atoms with E-state index in [-0.39, 0.29) is 0 Å². The molecule has 0 atom stereocenters. The molecule has 2 rings (SSSR count). The lowest BCUT2D eigenvalue weighted by molar-refractivity contribution is 0.528. The second-order valence-electron chi connectivity index (χ2n) is 3.89. The van der Waals surface area contributed by atoms with E-state index < -0.39 is 0 Å². The highest BCUT2D eigenvalue weighted by molar-refractivity contribution is 7.98. The zero-order chi connectivity index (χ0) is 12.8. The van der Waals surface area contributed by atoms with E-state index in [4.69, 9.17) is 16.0 Å². The van der Waals surface area contributed by atoms with Crippen molar-refractivity contribution >= 4 is 23.4 Å². The Kier molecular flexibility index (Phi) is 5.08. The van der Waals surface area contributed by atoms with Gasteiger partial charge in [0.15, 0.2) is 0 Å². The van der Waals surface area contributed by atoms with E-state index in [0.717, 1.165) is 17.1 Å².